The Bertz CT molecular complexity index is 496. The number of β-lactam (4-membered cyclic amide) rings is 1. The van der Waals surface area contributed by atoms with Gasteiger partial charge in [-0.05, 0) is 31.0 Å². The molecular formula is C14H17FINO2. The van der Waals surface area contributed by atoms with E-state index in [1.54, 1.807) is 18.2 Å². The maximum atomic E-state index is 12.3. The van der Waals surface area contributed by atoms with Crippen molar-refractivity contribution in [2.24, 2.45) is 5.41 Å². The fraction of sp³-hybridized carbons (Fsp3) is 0.500. The van der Waals surface area contributed by atoms with Crippen molar-refractivity contribution in [1.29, 1.82) is 0 Å². The van der Waals surface area contributed by atoms with Gasteiger partial charge in [-0.25, -0.2) is 0 Å². The van der Waals surface area contributed by atoms with Crippen molar-refractivity contribution < 1.29 is 14.3 Å². The Balaban J connectivity index is 2.43. The number of hydrogen-bond donors (Lipinski definition) is 1. The molecule has 1 aliphatic rings. The van der Waals surface area contributed by atoms with Gasteiger partial charge in [0.2, 0.25) is 5.91 Å². The van der Waals surface area contributed by atoms with Crippen LogP contribution in [0, 0.1) is 5.41 Å². The summed E-state index contributed by atoms with van der Waals surface area (Å²) in [5, 5.41) is 2.99. The average molecular weight is 377 g/mol. The second-order valence-electron chi connectivity index (χ2n) is 5.15. The second kappa shape index (κ2) is 5.26. The molecule has 1 aliphatic heterocycles. The van der Waals surface area contributed by atoms with Gasteiger partial charge in [-0.1, -0.05) is 48.1 Å². The summed E-state index contributed by atoms with van der Waals surface area (Å²) in [5.41, 5.74) is -0.0000551. The first-order valence-electron chi connectivity index (χ1n) is 6.32. The highest BCUT2D eigenvalue weighted by Gasteiger charge is 2.62. The van der Waals surface area contributed by atoms with Gasteiger partial charge in [-0.3, -0.25) is 9.74 Å². The van der Waals surface area contributed by atoms with E-state index in [1.807, 2.05) is 13.0 Å². The van der Waals surface area contributed by atoms with Crippen LogP contribution in [0.2, 0.25) is 0 Å². The normalized spacial score (nSPS) is 29.6. The van der Waals surface area contributed by atoms with Gasteiger partial charge in [0.05, 0.1) is 11.0 Å². The number of alkyl halides is 1. The number of hydrogen-bond acceptors (Lipinski definition) is 2. The molecule has 1 N–H and O–H groups in total. The fourth-order valence-corrected chi connectivity index (χ4v) is 4.38. The lowest BCUT2D eigenvalue weighted by Crippen LogP contribution is -2.73. The summed E-state index contributed by atoms with van der Waals surface area (Å²) in [6.45, 7) is 4.07. The molecule has 3 nitrogen and oxygen atoms in total. The van der Waals surface area contributed by atoms with E-state index in [1.165, 1.54) is 0 Å². The minimum Gasteiger partial charge on any atom is -0.345 e. The molecule has 19 heavy (non-hydrogen) atoms. The van der Waals surface area contributed by atoms with Crippen molar-refractivity contribution in [2.75, 3.05) is 4.43 Å². The molecule has 2 rings (SSSR count). The summed E-state index contributed by atoms with van der Waals surface area (Å²) in [7, 11) is 0. The predicted molar refractivity (Wildman–Crippen MR) is 79.9 cm³/mol. The van der Waals surface area contributed by atoms with E-state index in [9.17, 15) is 9.32 Å². The Morgan fingerprint density at radius 3 is 2.74 bits per heavy atom. The van der Waals surface area contributed by atoms with Crippen LogP contribution >= 0.6 is 22.6 Å². The minimum atomic E-state index is -0.462. The number of benzene rings is 1. The quantitative estimate of drug-likeness (QED) is 0.485. The van der Waals surface area contributed by atoms with E-state index in [0.29, 0.717) is 0 Å². The summed E-state index contributed by atoms with van der Waals surface area (Å²) in [4.78, 5) is 15.9. The van der Waals surface area contributed by atoms with Crippen LogP contribution in [0.3, 0.4) is 0 Å². The van der Waals surface area contributed by atoms with Crippen LogP contribution in [0.15, 0.2) is 24.3 Å². The number of rotatable bonds is 5. The summed E-state index contributed by atoms with van der Waals surface area (Å²) in [6.07, 6.45) is 1.75. The molecule has 0 saturated carbocycles. The summed E-state index contributed by atoms with van der Waals surface area (Å²) < 4.78 is 13.1. The molecule has 2 atom stereocenters. The molecular weight excluding hydrogens is 360 g/mol. The van der Waals surface area contributed by atoms with Crippen molar-refractivity contribution in [1.82, 2.24) is 5.32 Å². The van der Waals surface area contributed by atoms with Crippen LogP contribution in [-0.4, -0.2) is 10.3 Å². The first-order chi connectivity index (χ1) is 9.04. The standard InChI is InChI=1S/C14H17FINO2/c1-3-7-14(9-16)12(18)17-13(14,2)10-5-4-6-11(8-10)19-15/h4-6,8H,3,7,9H2,1-2H3,(H,17,18). The molecule has 1 aromatic rings. The van der Waals surface area contributed by atoms with Gasteiger partial charge in [-0.15, -0.1) is 0 Å². The van der Waals surface area contributed by atoms with E-state index < -0.39 is 11.0 Å². The molecule has 0 radical (unpaired) electrons. The zero-order valence-corrected chi connectivity index (χ0v) is 13.2. The Morgan fingerprint density at radius 2 is 2.21 bits per heavy atom. The smallest absolute Gasteiger partial charge is 0.230 e. The van der Waals surface area contributed by atoms with Crippen LogP contribution in [0.1, 0.15) is 32.3 Å². The van der Waals surface area contributed by atoms with Gasteiger partial charge in [0.1, 0.15) is 0 Å². The molecule has 1 aromatic carbocycles. The van der Waals surface area contributed by atoms with Crippen molar-refractivity contribution in [3.8, 4) is 5.75 Å². The summed E-state index contributed by atoms with van der Waals surface area (Å²) >= 11 is 2.26. The molecule has 1 heterocycles. The molecule has 104 valence electrons. The van der Waals surface area contributed by atoms with Gasteiger partial charge in [-0.2, -0.15) is 0 Å². The highest BCUT2D eigenvalue weighted by atomic mass is 127. The molecule has 0 aromatic heterocycles. The number of carbonyl (C=O) groups is 1. The SMILES string of the molecule is CCCC1(CI)C(=O)NC1(C)c1cccc(OF)c1. The molecule has 0 spiro atoms. The monoisotopic (exact) mass is 377 g/mol. The number of carbonyl (C=O) groups excluding carboxylic acids is 1. The van der Waals surface area contributed by atoms with Crippen LogP contribution in [-0.2, 0) is 10.3 Å². The van der Waals surface area contributed by atoms with Crippen molar-refractivity contribution >= 4 is 28.5 Å². The van der Waals surface area contributed by atoms with Crippen LogP contribution in [0.5, 0.6) is 5.75 Å². The summed E-state index contributed by atoms with van der Waals surface area (Å²) in [6, 6.07) is 6.84. The van der Waals surface area contributed by atoms with Crippen LogP contribution < -0.4 is 10.3 Å². The molecule has 2 unspecified atom stereocenters. The van der Waals surface area contributed by atoms with Crippen molar-refractivity contribution in [3.05, 3.63) is 29.8 Å². The van der Waals surface area contributed by atoms with Crippen LogP contribution in [0.4, 0.5) is 4.53 Å². The first kappa shape index (κ1) is 14.6. The molecule has 1 fully saturated rings. The van der Waals surface area contributed by atoms with E-state index >= 15 is 0 Å². The average Bonchev–Trinajstić information content (AvgIpc) is 2.44. The van der Waals surface area contributed by atoms with Gasteiger partial charge in [0.25, 0.3) is 0 Å². The molecule has 0 bridgehead atoms. The lowest BCUT2D eigenvalue weighted by Gasteiger charge is -2.56. The highest BCUT2D eigenvalue weighted by molar-refractivity contribution is 14.1. The Labute approximate surface area is 125 Å². The van der Waals surface area contributed by atoms with E-state index in [0.717, 1.165) is 22.8 Å². The molecule has 0 aliphatic carbocycles. The lowest BCUT2D eigenvalue weighted by molar-refractivity contribution is -0.154. The first-order valence-corrected chi connectivity index (χ1v) is 7.84. The number of halogens is 2. The maximum absolute atomic E-state index is 12.3. The third kappa shape index (κ3) is 2.02. The van der Waals surface area contributed by atoms with Gasteiger partial charge < -0.3 is 5.32 Å². The largest absolute Gasteiger partial charge is 0.345 e. The maximum Gasteiger partial charge on any atom is 0.230 e. The fourth-order valence-electron chi connectivity index (χ4n) is 2.89. The summed E-state index contributed by atoms with van der Waals surface area (Å²) in [5.74, 6) is 0.247. The molecule has 5 heteroatoms. The van der Waals surface area contributed by atoms with E-state index in [4.69, 9.17) is 0 Å². The van der Waals surface area contributed by atoms with Gasteiger partial charge >= 0.3 is 0 Å². The van der Waals surface area contributed by atoms with E-state index in [-0.39, 0.29) is 11.7 Å². The zero-order chi connectivity index (χ0) is 14.1. The predicted octanol–water partition coefficient (Wildman–Crippen LogP) is 3.52. The number of amides is 1. The van der Waals surface area contributed by atoms with Crippen molar-refractivity contribution in [2.45, 2.75) is 32.2 Å². The molecule has 1 saturated heterocycles. The van der Waals surface area contributed by atoms with Gasteiger partial charge in [0.15, 0.2) is 5.75 Å². The second-order valence-corrected chi connectivity index (χ2v) is 5.91. The third-order valence-electron chi connectivity index (χ3n) is 4.16. The minimum absolute atomic E-state index is 0.0813. The topological polar surface area (TPSA) is 38.3 Å². The lowest BCUT2D eigenvalue weighted by atomic mass is 9.59. The van der Waals surface area contributed by atoms with Crippen molar-refractivity contribution in [3.63, 3.8) is 0 Å². The zero-order valence-electron chi connectivity index (χ0n) is 11.0. The van der Waals surface area contributed by atoms with Crippen LogP contribution in [0.25, 0.3) is 0 Å². The molecule has 1 amide bonds. The Kier molecular flexibility index (Phi) is 4.03. The third-order valence-corrected chi connectivity index (χ3v) is 5.46. The van der Waals surface area contributed by atoms with E-state index in [2.05, 4.69) is 39.8 Å². The Hall–Kier alpha value is -0.850. The Morgan fingerprint density at radius 1 is 1.47 bits per heavy atom. The van der Waals surface area contributed by atoms with Gasteiger partial charge in [0, 0.05) is 8.95 Å². The number of nitrogens with one attached hydrogen (secondary N) is 1. The highest BCUT2D eigenvalue weighted by Crippen LogP contribution is 2.52.